The zero-order valence-corrected chi connectivity index (χ0v) is 12.3. The molecular weight excluding hydrogens is 299 g/mol. The number of ether oxygens (including phenoxy) is 1. The van der Waals surface area contributed by atoms with Gasteiger partial charge in [-0.05, 0) is 6.07 Å². The van der Waals surface area contributed by atoms with Gasteiger partial charge in [0.15, 0.2) is 0 Å². The number of nitrogens with two attached hydrogens (primary N) is 1. The molecule has 0 spiro atoms. The second-order valence-electron chi connectivity index (χ2n) is 4.93. The molecule has 6 nitrogen and oxygen atoms in total. The number of carbonyl (C=O) groups is 1. The number of sulfonamides is 1. The Balaban J connectivity index is 2.26. The fourth-order valence-electron chi connectivity index (χ4n) is 2.40. The van der Waals surface area contributed by atoms with E-state index in [1.165, 1.54) is 25.3 Å². The molecule has 116 valence electrons. The predicted octanol–water partition coefficient (Wildman–Crippen LogP) is 0.230. The number of benzene rings is 1. The molecule has 1 fully saturated rings. The number of nitrogens with zero attached hydrogens (tertiary/aromatic N) is 1. The van der Waals surface area contributed by atoms with Crippen LogP contribution in [0.5, 0.6) is 0 Å². The minimum atomic E-state index is -3.86. The van der Waals surface area contributed by atoms with Crippen molar-refractivity contribution in [1.29, 1.82) is 0 Å². The molecule has 0 aliphatic carbocycles. The Bertz CT molecular complexity index is 635. The third kappa shape index (κ3) is 3.39. The largest absolute Gasteiger partial charge is 0.380 e. The van der Waals surface area contributed by atoms with Crippen molar-refractivity contribution in [1.82, 2.24) is 4.31 Å². The van der Waals surface area contributed by atoms with E-state index in [0.717, 1.165) is 4.31 Å². The molecular formula is C13H17FN2O4S. The third-order valence-corrected chi connectivity index (χ3v) is 5.33. The quantitative estimate of drug-likeness (QED) is 0.842. The van der Waals surface area contributed by atoms with Crippen LogP contribution in [0.15, 0.2) is 24.3 Å². The van der Waals surface area contributed by atoms with Crippen LogP contribution in [-0.4, -0.2) is 44.4 Å². The van der Waals surface area contributed by atoms with Gasteiger partial charge in [-0.3, -0.25) is 4.79 Å². The lowest BCUT2D eigenvalue weighted by atomic mass is 10.2. The molecule has 0 unspecified atom stereocenters. The van der Waals surface area contributed by atoms with Gasteiger partial charge in [-0.2, -0.15) is 4.31 Å². The summed E-state index contributed by atoms with van der Waals surface area (Å²) >= 11 is 0. The van der Waals surface area contributed by atoms with Crippen LogP contribution in [0.1, 0.15) is 12.0 Å². The van der Waals surface area contributed by atoms with E-state index in [4.69, 9.17) is 10.5 Å². The van der Waals surface area contributed by atoms with Crippen molar-refractivity contribution in [2.24, 2.45) is 5.73 Å². The molecule has 1 amide bonds. The van der Waals surface area contributed by atoms with Gasteiger partial charge in [-0.1, -0.05) is 18.2 Å². The Kier molecular flexibility index (Phi) is 4.60. The number of rotatable bonds is 5. The smallest absolute Gasteiger partial charge is 0.235 e. The lowest BCUT2D eigenvalue weighted by Crippen LogP contribution is -2.44. The first-order valence-corrected chi connectivity index (χ1v) is 8.01. The lowest BCUT2D eigenvalue weighted by Gasteiger charge is -2.21. The number of hydrogen-bond donors (Lipinski definition) is 1. The van der Waals surface area contributed by atoms with E-state index in [9.17, 15) is 17.6 Å². The minimum Gasteiger partial charge on any atom is -0.380 e. The predicted molar refractivity (Wildman–Crippen MR) is 74.1 cm³/mol. The first kappa shape index (κ1) is 15.9. The third-order valence-electron chi connectivity index (χ3n) is 3.53. The Hall–Kier alpha value is -1.51. The number of hydrogen-bond acceptors (Lipinski definition) is 4. The van der Waals surface area contributed by atoms with Gasteiger partial charge >= 0.3 is 0 Å². The molecule has 0 bridgehead atoms. The highest BCUT2D eigenvalue weighted by molar-refractivity contribution is 7.88. The zero-order chi connectivity index (χ0) is 15.6. The molecule has 1 aromatic rings. The maximum Gasteiger partial charge on any atom is 0.235 e. The van der Waals surface area contributed by atoms with Crippen molar-refractivity contribution in [3.63, 3.8) is 0 Å². The Morgan fingerprint density at radius 3 is 2.71 bits per heavy atom. The van der Waals surface area contributed by atoms with Crippen LogP contribution in [-0.2, 0) is 25.3 Å². The van der Waals surface area contributed by atoms with E-state index in [-0.39, 0.29) is 18.5 Å². The van der Waals surface area contributed by atoms with Gasteiger partial charge in [0.2, 0.25) is 15.9 Å². The van der Waals surface area contributed by atoms with Gasteiger partial charge in [0.1, 0.15) is 11.9 Å². The first-order chi connectivity index (χ1) is 9.85. The molecule has 8 heteroatoms. The second-order valence-corrected chi connectivity index (χ2v) is 6.85. The molecule has 0 radical (unpaired) electrons. The van der Waals surface area contributed by atoms with Crippen LogP contribution in [0.4, 0.5) is 4.39 Å². The minimum absolute atomic E-state index is 0.0426. The molecule has 1 aliphatic rings. The van der Waals surface area contributed by atoms with Gasteiger partial charge in [0.25, 0.3) is 0 Å². The fourth-order valence-corrected chi connectivity index (χ4v) is 4.16. The van der Waals surface area contributed by atoms with Crippen molar-refractivity contribution in [3.8, 4) is 0 Å². The molecule has 2 atom stereocenters. The second kappa shape index (κ2) is 6.08. The van der Waals surface area contributed by atoms with Gasteiger partial charge < -0.3 is 10.5 Å². The van der Waals surface area contributed by atoms with Crippen molar-refractivity contribution < 1.29 is 22.3 Å². The number of halogens is 1. The highest BCUT2D eigenvalue weighted by Gasteiger charge is 2.42. The van der Waals surface area contributed by atoms with E-state index in [1.807, 2.05) is 0 Å². The molecule has 2 rings (SSSR count). The summed E-state index contributed by atoms with van der Waals surface area (Å²) in [5.41, 5.74) is 5.31. The van der Waals surface area contributed by atoms with Gasteiger partial charge in [0, 0.05) is 25.6 Å². The Labute approximate surface area is 122 Å². The molecule has 1 heterocycles. The normalized spacial score (nSPS) is 23.3. The van der Waals surface area contributed by atoms with Gasteiger partial charge in [-0.25, -0.2) is 12.8 Å². The number of carbonyl (C=O) groups excluding carboxylic acids is 1. The standard InChI is InChI=1S/C13H17FN2O4S/c1-20-10-6-12(13(15)17)16(7-10)21(18,19)8-9-4-2-3-5-11(9)14/h2-5,10,12H,6-8H2,1H3,(H2,15,17)/t10-,12-/m0/s1. The van der Waals surface area contributed by atoms with Crippen LogP contribution in [0.3, 0.4) is 0 Å². The fraction of sp³-hybridized carbons (Fsp3) is 0.462. The van der Waals surface area contributed by atoms with Gasteiger partial charge in [0.05, 0.1) is 11.9 Å². The average molecular weight is 316 g/mol. The van der Waals surface area contributed by atoms with Crippen LogP contribution in [0.2, 0.25) is 0 Å². The van der Waals surface area contributed by atoms with E-state index >= 15 is 0 Å². The summed E-state index contributed by atoms with van der Waals surface area (Å²) in [5, 5.41) is 0. The van der Waals surface area contributed by atoms with Crippen LogP contribution in [0, 0.1) is 5.82 Å². The molecule has 21 heavy (non-hydrogen) atoms. The summed E-state index contributed by atoms with van der Waals surface area (Å²) in [6, 6.07) is 4.68. The molecule has 0 aromatic heterocycles. The highest BCUT2D eigenvalue weighted by Crippen LogP contribution is 2.25. The zero-order valence-electron chi connectivity index (χ0n) is 11.5. The van der Waals surface area contributed by atoms with Crippen molar-refractivity contribution in [3.05, 3.63) is 35.6 Å². The monoisotopic (exact) mass is 316 g/mol. The van der Waals surface area contributed by atoms with Crippen LogP contribution in [0.25, 0.3) is 0 Å². The van der Waals surface area contributed by atoms with E-state index in [2.05, 4.69) is 0 Å². The number of amides is 1. The van der Waals surface area contributed by atoms with E-state index in [1.54, 1.807) is 6.07 Å². The number of methoxy groups -OCH3 is 1. The SMILES string of the molecule is CO[C@H]1C[C@@H](C(N)=O)N(S(=O)(=O)Cc2ccccc2F)C1. The summed E-state index contributed by atoms with van der Waals surface area (Å²) in [7, 11) is -2.42. The Morgan fingerprint density at radius 2 is 2.14 bits per heavy atom. The summed E-state index contributed by atoms with van der Waals surface area (Å²) in [4.78, 5) is 11.4. The first-order valence-electron chi connectivity index (χ1n) is 6.40. The maximum atomic E-state index is 13.6. The van der Waals surface area contributed by atoms with Gasteiger partial charge in [-0.15, -0.1) is 0 Å². The van der Waals surface area contributed by atoms with Crippen LogP contribution < -0.4 is 5.73 Å². The molecule has 2 N–H and O–H groups in total. The Morgan fingerprint density at radius 1 is 1.48 bits per heavy atom. The maximum absolute atomic E-state index is 13.6. The van der Waals surface area contributed by atoms with E-state index < -0.39 is 39.6 Å². The highest BCUT2D eigenvalue weighted by atomic mass is 32.2. The molecule has 1 aromatic carbocycles. The molecule has 0 saturated carbocycles. The van der Waals surface area contributed by atoms with Crippen LogP contribution >= 0.6 is 0 Å². The summed E-state index contributed by atoms with van der Waals surface area (Å²) in [6.07, 6.45) is -0.180. The van der Waals surface area contributed by atoms with Crippen molar-refractivity contribution in [2.75, 3.05) is 13.7 Å². The van der Waals surface area contributed by atoms with Crippen molar-refractivity contribution in [2.45, 2.75) is 24.3 Å². The van der Waals surface area contributed by atoms with Crippen molar-refractivity contribution >= 4 is 15.9 Å². The lowest BCUT2D eigenvalue weighted by molar-refractivity contribution is -0.121. The molecule has 1 saturated heterocycles. The number of primary amides is 1. The summed E-state index contributed by atoms with van der Waals surface area (Å²) in [5.74, 6) is -1.84. The summed E-state index contributed by atoms with van der Waals surface area (Å²) < 4.78 is 44.6. The molecule has 1 aliphatic heterocycles. The topological polar surface area (TPSA) is 89.7 Å². The van der Waals surface area contributed by atoms with E-state index in [0.29, 0.717) is 0 Å². The summed E-state index contributed by atoms with van der Waals surface area (Å²) in [6.45, 7) is 0.0426. The average Bonchev–Trinajstić information content (AvgIpc) is 2.86.